The van der Waals surface area contributed by atoms with Crippen molar-refractivity contribution in [3.05, 3.63) is 34.3 Å². The van der Waals surface area contributed by atoms with Gasteiger partial charge in [-0.05, 0) is 31.2 Å². The molecule has 1 unspecified atom stereocenters. The maximum atomic E-state index is 11.6. The minimum absolute atomic E-state index is 0.0806. The number of nitriles is 1. The first kappa shape index (κ1) is 18.6. The summed E-state index contributed by atoms with van der Waals surface area (Å²) >= 11 is 3.32. The van der Waals surface area contributed by atoms with E-state index in [9.17, 15) is 9.59 Å². The molecule has 0 aromatic heterocycles. The van der Waals surface area contributed by atoms with Gasteiger partial charge in [0.1, 0.15) is 11.7 Å². The SMILES string of the molecule is COc1ccc(Br)cc1/C=C/C(=O)OCC(=O)C(C#N)C(C)=N. The predicted octanol–water partition coefficient (Wildman–Crippen LogP) is 2.76. The molecule has 1 atom stereocenters. The van der Waals surface area contributed by atoms with E-state index < -0.39 is 24.3 Å². The number of carbonyl (C=O) groups is 2. The smallest absolute Gasteiger partial charge is 0.331 e. The van der Waals surface area contributed by atoms with Crippen LogP contribution in [0.2, 0.25) is 0 Å². The van der Waals surface area contributed by atoms with Crippen molar-refractivity contribution in [2.75, 3.05) is 13.7 Å². The van der Waals surface area contributed by atoms with Gasteiger partial charge in [0.15, 0.2) is 12.4 Å². The predicted molar refractivity (Wildman–Crippen MR) is 88.2 cm³/mol. The lowest BCUT2D eigenvalue weighted by Crippen LogP contribution is -2.25. The highest BCUT2D eigenvalue weighted by molar-refractivity contribution is 9.10. The van der Waals surface area contributed by atoms with Crippen LogP contribution in [0.15, 0.2) is 28.7 Å². The highest BCUT2D eigenvalue weighted by atomic mass is 79.9. The third kappa shape index (κ3) is 5.68. The van der Waals surface area contributed by atoms with Gasteiger partial charge in [-0.3, -0.25) is 4.79 Å². The number of ketones is 1. The van der Waals surface area contributed by atoms with E-state index in [1.807, 2.05) is 0 Å². The summed E-state index contributed by atoms with van der Waals surface area (Å²) in [6, 6.07) is 7.00. The van der Waals surface area contributed by atoms with Gasteiger partial charge in [-0.1, -0.05) is 15.9 Å². The van der Waals surface area contributed by atoms with E-state index >= 15 is 0 Å². The Hall–Kier alpha value is -2.46. The fourth-order valence-corrected chi connectivity index (χ4v) is 2.06. The lowest BCUT2D eigenvalue weighted by atomic mass is 10.0. The molecule has 0 saturated carbocycles. The number of hydrogen-bond donors (Lipinski definition) is 1. The third-order valence-electron chi connectivity index (χ3n) is 2.83. The van der Waals surface area contributed by atoms with Gasteiger partial charge in [0.05, 0.1) is 13.2 Å². The number of methoxy groups -OCH3 is 1. The fraction of sp³-hybridized carbons (Fsp3) is 0.250. The average Bonchev–Trinajstić information content (AvgIpc) is 2.51. The summed E-state index contributed by atoms with van der Waals surface area (Å²) in [6.07, 6.45) is 2.66. The van der Waals surface area contributed by atoms with Gasteiger partial charge >= 0.3 is 5.97 Å². The molecule has 1 N–H and O–H groups in total. The van der Waals surface area contributed by atoms with E-state index in [2.05, 4.69) is 15.9 Å². The van der Waals surface area contributed by atoms with Crippen molar-refractivity contribution in [3.8, 4) is 11.8 Å². The van der Waals surface area contributed by atoms with E-state index in [1.165, 1.54) is 20.1 Å². The van der Waals surface area contributed by atoms with Crippen LogP contribution in [0, 0.1) is 22.7 Å². The molecule has 1 rings (SSSR count). The monoisotopic (exact) mass is 378 g/mol. The second kappa shape index (κ2) is 8.86. The zero-order chi connectivity index (χ0) is 17.4. The van der Waals surface area contributed by atoms with Crippen LogP contribution in [-0.4, -0.2) is 31.2 Å². The van der Waals surface area contributed by atoms with Crippen molar-refractivity contribution < 1.29 is 19.1 Å². The van der Waals surface area contributed by atoms with Crippen LogP contribution < -0.4 is 4.74 Å². The molecule has 1 aromatic carbocycles. The summed E-state index contributed by atoms with van der Waals surface area (Å²) < 4.78 is 10.8. The molecule has 0 fully saturated rings. The van der Waals surface area contributed by atoms with Crippen LogP contribution in [0.1, 0.15) is 12.5 Å². The zero-order valence-corrected chi connectivity index (χ0v) is 14.2. The van der Waals surface area contributed by atoms with Crippen molar-refractivity contribution >= 4 is 39.5 Å². The lowest BCUT2D eigenvalue weighted by molar-refractivity contribution is -0.143. The van der Waals surface area contributed by atoms with Crippen LogP contribution in [0.4, 0.5) is 0 Å². The van der Waals surface area contributed by atoms with Gasteiger partial charge in [-0.2, -0.15) is 5.26 Å². The Bertz CT molecular complexity index is 692. The molecule has 0 radical (unpaired) electrons. The molecule has 0 aliphatic rings. The summed E-state index contributed by atoms with van der Waals surface area (Å²) in [6.45, 7) is 0.806. The maximum absolute atomic E-state index is 11.6. The van der Waals surface area contributed by atoms with E-state index in [-0.39, 0.29) is 5.71 Å². The minimum Gasteiger partial charge on any atom is -0.496 e. The van der Waals surface area contributed by atoms with Gasteiger partial charge in [0.2, 0.25) is 0 Å². The number of carbonyl (C=O) groups excluding carboxylic acids is 2. The number of nitrogens with zero attached hydrogens (tertiary/aromatic N) is 1. The standard InChI is InChI=1S/C16H15BrN2O4/c1-10(19)13(8-18)14(20)9-23-16(21)6-3-11-7-12(17)4-5-15(11)22-2/h3-7,13,19H,9H2,1-2H3/b6-3+,19-10?. The first-order chi connectivity index (χ1) is 10.9. The van der Waals surface area contributed by atoms with Crippen molar-refractivity contribution in [2.45, 2.75) is 6.92 Å². The van der Waals surface area contributed by atoms with Crippen molar-refractivity contribution in [3.63, 3.8) is 0 Å². The van der Waals surface area contributed by atoms with Crippen LogP contribution in [0.3, 0.4) is 0 Å². The Morgan fingerprint density at radius 3 is 2.74 bits per heavy atom. The third-order valence-corrected chi connectivity index (χ3v) is 3.32. The first-order valence-corrected chi connectivity index (χ1v) is 7.34. The molecular weight excluding hydrogens is 364 g/mol. The Morgan fingerprint density at radius 2 is 2.17 bits per heavy atom. The number of hydrogen-bond acceptors (Lipinski definition) is 6. The Balaban J connectivity index is 2.67. The molecule has 0 aliphatic carbocycles. The van der Waals surface area contributed by atoms with Crippen LogP contribution >= 0.6 is 15.9 Å². The highest BCUT2D eigenvalue weighted by Crippen LogP contribution is 2.24. The van der Waals surface area contributed by atoms with Crippen LogP contribution in [-0.2, 0) is 14.3 Å². The number of Topliss-reactive ketones (excluding diaryl/α,β-unsaturated/α-hetero) is 1. The van der Waals surface area contributed by atoms with Crippen molar-refractivity contribution in [1.29, 1.82) is 10.7 Å². The fourth-order valence-electron chi connectivity index (χ4n) is 1.68. The van der Waals surface area contributed by atoms with E-state index in [0.29, 0.717) is 11.3 Å². The maximum Gasteiger partial charge on any atom is 0.331 e. The topological polar surface area (TPSA) is 100 Å². The normalized spacial score (nSPS) is 11.6. The van der Waals surface area contributed by atoms with Gasteiger partial charge < -0.3 is 14.9 Å². The first-order valence-electron chi connectivity index (χ1n) is 6.54. The molecule has 0 spiro atoms. The van der Waals surface area contributed by atoms with Gasteiger partial charge in [0, 0.05) is 21.8 Å². The number of halogens is 1. The van der Waals surface area contributed by atoms with Gasteiger partial charge in [-0.15, -0.1) is 0 Å². The van der Waals surface area contributed by atoms with Crippen molar-refractivity contribution in [1.82, 2.24) is 0 Å². The van der Waals surface area contributed by atoms with Gasteiger partial charge in [-0.25, -0.2) is 4.79 Å². The number of rotatable bonds is 7. The Kier molecular flexibility index (Phi) is 7.16. The molecule has 1 aromatic rings. The molecule has 120 valence electrons. The summed E-state index contributed by atoms with van der Waals surface area (Å²) in [5, 5.41) is 16.1. The molecule has 23 heavy (non-hydrogen) atoms. The van der Waals surface area contributed by atoms with E-state index in [1.54, 1.807) is 24.3 Å². The Labute approximate surface area is 142 Å². The number of nitrogens with one attached hydrogen (secondary N) is 1. The second-order valence-corrected chi connectivity index (χ2v) is 5.45. The molecule has 0 bridgehead atoms. The average molecular weight is 379 g/mol. The van der Waals surface area contributed by atoms with E-state index in [4.69, 9.17) is 20.1 Å². The zero-order valence-electron chi connectivity index (χ0n) is 12.6. The van der Waals surface area contributed by atoms with Gasteiger partial charge in [0.25, 0.3) is 0 Å². The molecule has 0 amide bonds. The summed E-state index contributed by atoms with van der Waals surface area (Å²) in [4.78, 5) is 23.3. The largest absolute Gasteiger partial charge is 0.496 e. The molecular formula is C16H15BrN2O4. The lowest BCUT2D eigenvalue weighted by Gasteiger charge is -2.06. The van der Waals surface area contributed by atoms with Crippen LogP contribution in [0.25, 0.3) is 6.08 Å². The molecule has 7 heteroatoms. The summed E-state index contributed by atoms with van der Waals surface area (Å²) in [7, 11) is 1.51. The quantitative estimate of drug-likeness (QED) is 0.446. The van der Waals surface area contributed by atoms with E-state index in [0.717, 1.165) is 10.5 Å². The van der Waals surface area contributed by atoms with Crippen molar-refractivity contribution in [2.24, 2.45) is 5.92 Å². The molecule has 0 aliphatic heterocycles. The van der Waals surface area contributed by atoms with Crippen LogP contribution in [0.5, 0.6) is 5.75 Å². The minimum atomic E-state index is -1.18. The number of benzene rings is 1. The number of esters is 1. The Morgan fingerprint density at radius 1 is 1.48 bits per heavy atom. The summed E-state index contributed by atoms with van der Waals surface area (Å²) in [5.41, 5.74) is 0.582. The second-order valence-electron chi connectivity index (χ2n) is 4.54. The number of ether oxygens (including phenoxy) is 2. The molecule has 0 heterocycles. The summed E-state index contributed by atoms with van der Waals surface area (Å²) in [5.74, 6) is -1.95. The molecule has 0 saturated heterocycles. The molecule has 6 nitrogen and oxygen atoms in total. The highest BCUT2D eigenvalue weighted by Gasteiger charge is 2.20.